The van der Waals surface area contributed by atoms with E-state index in [0.717, 1.165) is 56.5 Å². The normalized spacial score (nSPS) is 42.1. The second kappa shape index (κ2) is 8.95. The summed E-state index contributed by atoms with van der Waals surface area (Å²) < 4.78 is 17.7. The van der Waals surface area contributed by atoms with Gasteiger partial charge in [0, 0.05) is 30.0 Å². The minimum atomic E-state index is -0.574. The van der Waals surface area contributed by atoms with Gasteiger partial charge in [0.2, 0.25) is 5.76 Å². The number of piperidine rings is 2. The van der Waals surface area contributed by atoms with Crippen molar-refractivity contribution in [3.63, 3.8) is 0 Å². The van der Waals surface area contributed by atoms with Crippen LogP contribution in [-0.4, -0.2) is 46.8 Å². The standard InChI is InChI=1S/C29H41NO5/c1-17-24-21-10-7-11-23-29(32,16-19-8-5-4-6-9-19)15-14-20(30(21)23)12-13-22(24)34-26(17)27-25(33-3)18(2)28(31)35-27/h13,17,19-21,23-24,32H,4-12,14-16H2,1-3H3. The summed E-state index contributed by atoms with van der Waals surface area (Å²) in [6.45, 7) is 3.94. The molecule has 0 aromatic heterocycles. The Labute approximate surface area is 209 Å². The number of allylic oxidation sites excluding steroid dienone is 1. The van der Waals surface area contributed by atoms with E-state index in [4.69, 9.17) is 14.2 Å². The van der Waals surface area contributed by atoms with Crippen LogP contribution in [0.1, 0.15) is 90.9 Å². The average molecular weight is 484 g/mol. The van der Waals surface area contributed by atoms with Crippen LogP contribution >= 0.6 is 0 Å². The molecule has 6 rings (SSSR count). The molecule has 0 aromatic rings. The number of rotatable bonds is 3. The van der Waals surface area contributed by atoms with E-state index >= 15 is 0 Å². The molecular weight excluding hydrogens is 442 g/mol. The van der Waals surface area contributed by atoms with E-state index in [-0.39, 0.29) is 23.8 Å². The molecule has 6 aliphatic rings. The largest absolute Gasteiger partial charge is 0.492 e. The molecule has 192 valence electrons. The van der Waals surface area contributed by atoms with Gasteiger partial charge in [0.05, 0.1) is 18.3 Å². The summed E-state index contributed by atoms with van der Waals surface area (Å²) in [6.07, 6.45) is 16.1. The number of hydrogen-bond acceptors (Lipinski definition) is 6. The van der Waals surface area contributed by atoms with Gasteiger partial charge in [0.15, 0.2) is 11.5 Å². The highest BCUT2D eigenvalue weighted by atomic mass is 16.6. The molecule has 6 atom stereocenters. The minimum absolute atomic E-state index is 0.0796. The average Bonchev–Trinajstić information content (AvgIpc) is 3.27. The van der Waals surface area contributed by atoms with E-state index in [0.29, 0.717) is 35.1 Å². The maximum Gasteiger partial charge on any atom is 0.343 e. The summed E-state index contributed by atoms with van der Waals surface area (Å²) in [5.41, 5.74) is -0.0797. The molecule has 5 aliphatic heterocycles. The van der Waals surface area contributed by atoms with Crippen molar-refractivity contribution in [2.75, 3.05) is 7.11 Å². The lowest BCUT2D eigenvalue weighted by Crippen LogP contribution is -2.66. The summed E-state index contributed by atoms with van der Waals surface area (Å²) in [4.78, 5) is 15.0. The fourth-order valence-electron chi connectivity index (χ4n) is 8.38. The molecule has 0 spiro atoms. The molecule has 6 heteroatoms. The number of fused-ring (bicyclic) bond motifs is 2. The molecule has 0 amide bonds. The van der Waals surface area contributed by atoms with Crippen molar-refractivity contribution in [3.05, 3.63) is 34.7 Å². The van der Waals surface area contributed by atoms with E-state index in [2.05, 4.69) is 17.9 Å². The molecule has 1 saturated carbocycles. The minimum Gasteiger partial charge on any atom is -0.492 e. The fraction of sp³-hybridized carbons (Fsp3) is 0.759. The van der Waals surface area contributed by atoms with Crippen LogP contribution < -0.4 is 0 Å². The van der Waals surface area contributed by atoms with Gasteiger partial charge >= 0.3 is 5.97 Å². The summed E-state index contributed by atoms with van der Waals surface area (Å²) in [7, 11) is 1.58. The third-order valence-corrected chi connectivity index (χ3v) is 10.0. The number of esters is 1. The van der Waals surface area contributed by atoms with Crippen molar-refractivity contribution in [2.45, 2.75) is 115 Å². The van der Waals surface area contributed by atoms with Crippen molar-refractivity contribution in [1.82, 2.24) is 4.90 Å². The zero-order valence-electron chi connectivity index (χ0n) is 21.6. The Morgan fingerprint density at radius 1 is 1.11 bits per heavy atom. The van der Waals surface area contributed by atoms with Crippen LogP contribution in [0.25, 0.3) is 0 Å². The first-order valence-corrected chi connectivity index (χ1v) is 14.0. The highest BCUT2D eigenvalue weighted by Gasteiger charge is 2.56. The van der Waals surface area contributed by atoms with Gasteiger partial charge in [0.25, 0.3) is 0 Å². The quantitative estimate of drug-likeness (QED) is 0.547. The molecule has 3 saturated heterocycles. The third kappa shape index (κ3) is 3.78. The Bertz CT molecular complexity index is 976. The fourth-order valence-corrected chi connectivity index (χ4v) is 8.38. The first-order valence-electron chi connectivity index (χ1n) is 14.0. The number of ether oxygens (including phenoxy) is 3. The van der Waals surface area contributed by atoms with Gasteiger partial charge in [-0.05, 0) is 57.4 Å². The number of hydrogen-bond donors (Lipinski definition) is 1. The van der Waals surface area contributed by atoms with Gasteiger partial charge in [-0.1, -0.05) is 45.4 Å². The molecule has 1 aliphatic carbocycles. The highest BCUT2D eigenvalue weighted by Crippen LogP contribution is 2.53. The second-order valence-corrected chi connectivity index (χ2v) is 12.0. The van der Waals surface area contributed by atoms with Gasteiger partial charge in [-0.2, -0.15) is 0 Å². The number of carbonyl (C=O) groups excluding carboxylic acids is 1. The van der Waals surface area contributed by atoms with Crippen molar-refractivity contribution in [3.8, 4) is 0 Å². The molecule has 5 heterocycles. The lowest BCUT2D eigenvalue weighted by molar-refractivity contribution is -0.149. The maximum atomic E-state index is 12.3. The van der Waals surface area contributed by atoms with Crippen LogP contribution in [0, 0.1) is 17.8 Å². The Morgan fingerprint density at radius 3 is 2.69 bits per heavy atom. The Balaban J connectivity index is 1.31. The van der Waals surface area contributed by atoms with Crippen LogP contribution in [0.15, 0.2) is 34.7 Å². The topological polar surface area (TPSA) is 68.2 Å². The predicted octanol–water partition coefficient (Wildman–Crippen LogP) is 5.33. The zero-order chi connectivity index (χ0) is 24.3. The third-order valence-electron chi connectivity index (χ3n) is 10.0. The van der Waals surface area contributed by atoms with Gasteiger partial charge in [0.1, 0.15) is 5.76 Å². The lowest BCUT2D eigenvalue weighted by atomic mass is 9.68. The van der Waals surface area contributed by atoms with E-state index < -0.39 is 5.60 Å². The molecule has 1 N–H and O–H groups in total. The molecule has 35 heavy (non-hydrogen) atoms. The van der Waals surface area contributed by atoms with Crippen LogP contribution in [0.4, 0.5) is 0 Å². The predicted molar refractivity (Wildman–Crippen MR) is 132 cm³/mol. The summed E-state index contributed by atoms with van der Waals surface area (Å²) in [5, 5.41) is 12.1. The van der Waals surface area contributed by atoms with Crippen molar-refractivity contribution in [1.29, 1.82) is 0 Å². The van der Waals surface area contributed by atoms with E-state index in [1.54, 1.807) is 14.0 Å². The van der Waals surface area contributed by atoms with Crippen LogP contribution in [0.2, 0.25) is 0 Å². The monoisotopic (exact) mass is 483 g/mol. The van der Waals surface area contributed by atoms with Crippen molar-refractivity contribution < 1.29 is 24.1 Å². The zero-order valence-corrected chi connectivity index (χ0v) is 21.6. The molecule has 6 nitrogen and oxygen atoms in total. The van der Waals surface area contributed by atoms with Crippen molar-refractivity contribution in [2.24, 2.45) is 17.8 Å². The summed E-state index contributed by atoms with van der Waals surface area (Å²) >= 11 is 0. The van der Waals surface area contributed by atoms with Crippen molar-refractivity contribution >= 4 is 5.97 Å². The number of methoxy groups -OCH3 is 1. The Hall–Kier alpha value is -1.79. The molecule has 0 bridgehead atoms. The van der Waals surface area contributed by atoms with Gasteiger partial charge in [-0.25, -0.2) is 4.79 Å². The Kier molecular flexibility index (Phi) is 6.03. The molecule has 4 fully saturated rings. The molecule has 0 radical (unpaired) electrons. The van der Waals surface area contributed by atoms with Gasteiger partial charge < -0.3 is 19.3 Å². The Morgan fingerprint density at radius 2 is 1.91 bits per heavy atom. The number of nitrogens with zero attached hydrogens (tertiary/aromatic N) is 1. The van der Waals surface area contributed by atoms with Crippen LogP contribution in [-0.2, 0) is 19.0 Å². The first-order chi connectivity index (χ1) is 16.9. The lowest BCUT2D eigenvalue weighted by Gasteiger charge is -2.57. The molecule has 6 unspecified atom stereocenters. The van der Waals surface area contributed by atoms with Crippen LogP contribution in [0.5, 0.6) is 0 Å². The van der Waals surface area contributed by atoms with E-state index in [1.165, 1.54) is 32.1 Å². The highest BCUT2D eigenvalue weighted by molar-refractivity contribution is 5.93. The number of carbonyl (C=O) groups is 1. The van der Waals surface area contributed by atoms with Crippen LogP contribution in [0.3, 0.4) is 0 Å². The smallest absolute Gasteiger partial charge is 0.343 e. The first kappa shape index (κ1) is 23.6. The second-order valence-electron chi connectivity index (χ2n) is 12.0. The van der Waals surface area contributed by atoms with E-state index in [1.807, 2.05) is 0 Å². The SMILES string of the molecule is COC1=C(C)C(=O)OC1=C1OC2=CCC3CCC(O)(CC4CCCCC4)C4CCCC(C2C1C)N34. The number of cyclic esters (lactones) is 1. The maximum absolute atomic E-state index is 12.3. The summed E-state index contributed by atoms with van der Waals surface area (Å²) in [5.74, 6) is 3.29. The molecule has 0 aromatic carbocycles. The van der Waals surface area contributed by atoms with Gasteiger partial charge in [-0.15, -0.1) is 0 Å². The summed E-state index contributed by atoms with van der Waals surface area (Å²) in [6, 6.07) is 1.05. The van der Waals surface area contributed by atoms with E-state index in [9.17, 15) is 9.90 Å². The van der Waals surface area contributed by atoms with Gasteiger partial charge in [-0.3, -0.25) is 4.90 Å². The molecular formula is C29H41NO5. The number of aliphatic hydroxyl groups is 1.